The van der Waals surface area contributed by atoms with Gasteiger partial charge in [0.1, 0.15) is 5.78 Å². The molecule has 3 heteroatoms. The fourth-order valence-corrected chi connectivity index (χ4v) is 2.20. The lowest BCUT2D eigenvalue weighted by Crippen LogP contribution is -2.26. The Hall–Kier alpha value is -0.410. The highest BCUT2D eigenvalue weighted by atomic mass is 16.5. The van der Waals surface area contributed by atoms with Crippen LogP contribution in [0.25, 0.3) is 0 Å². The predicted octanol–water partition coefficient (Wildman–Crippen LogP) is 2.10. The monoisotopic (exact) mass is 227 g/mol. The van der Waals surface area contributed by atoms with Crippen molar-refractivity contribution in [3.8, 4) is 0 Å². The Labute approximate surface area is 99.1 Å². The smallest absolute Gasteiger partial charge is 0.134 e. The van der Waals surface area contributed by atoms with Gasteiger partial charge in [-0.05, 0) is 31.8 Å². The first-order valence-electron chi connectivity index (χ1n) is 6.58. The average molecular weight is 227 g/mol. The van der Waals surface area contributed by atoms with Crippen molar-refractivity contribution in [3.63, 3.8) is 0 Å². The molecular weight excluding hydrogens is 202 g/mol. The van der Waals surface area contributed by atoms with Crippen molar-refractivity contribution < 1.29 is 9.53 Å². The topological polar surface area (TPSA) is 29.5 Å². The van der Waals surface area contributed by atoms with Gasteiger partial charge in [0.05, 0.1) is 0 Å². The summed E-state index contributed by atoms with van der Waals surface area (Å²) in [6.45, 7) is 8.98. The average Bonchev–Trinajstić information content (AvgIpc) is 2.31. The van der Waals surface area contributed by atoms with E-state index in [-0.39, 0.29) is 0 Å². The van der Waals surface area contributed by atoms with Crippen LogP contribution in [0.15, 0.2) is 0 Å². The van der Waals surface area contributed by atoms with Crippen molar-refractivity contribution >= 4 is 5.78 Å². The molecule has 0 N–H and O–H groups in total. The summed E-state index contributed by atoms with van der Waals surface area (Å²) in [5.74, 6) is 1.01. The van der Waals surface area contributed by atoms with Gasteiger partial charge in [-0.2, -0.15) is 0 Å². The van der Waals surface area contributed by atoms with E-state index < -0.39 is 0 Å². The second-order valence-corrected chi connectivity index (χ2v) is 4.58. The minimum absolute atomic E-state index is 0.429. The molecular formula is C13H25NO2. The van der Waals surface area contributed by atoms with Crippen LogP contribution >= 0.6 is 0 Å². The fourth-order valence-electron chi connectivity index (χ4n) is 2.20. The van der Waals surface area contributed by atoms with Crippen LogP contribution in [0.4, 0.5) is 0 Å². The molecule has 0 aromatic carbocycles. The van der Waals surface area contributed by atoms with Gasteiger partial charge in [0.25, 0.3) is 0 Å². The molecule has 1 heterocycles. The maximum atomic E-state index is 11.8. The molecule has 16 heavy (non-hydrogen) atoms. The van der Waals surface area contributed by atoms with Gasteiger partial charge in [-0.15, -0.1) is 0 Å². The van der Waals surface area contributed by atoms with Crippen LogP contribution in [-0.4, -0.2) is 43.5 Å². The highest BCUT2D eigenvalue weighted by molar-refractivity contribution is 5.78. The number of carbonyl (C=O) groups excluding carboxylic acids is 1. The Morgan fingerprint density at radius 2 is 1.88 bits per heavy atom. The number of ether oxygens (including phenoxy) is 1. The van der Waals surface area contributed by atoms with Crippen LogP contribution in [0, 0.1) is 5.92 Å². The molecule has 1 aliphatic heterocycles. The Kier molecular flexibility index (Phi) is 6.65. The van der Waals surface area contributed by atoms with Gasteiger partial charge in [-0.25, -0.2) is 0 Å². The van der Waals surface area contributed by atoms with Gasteiger partial charge in [0.2, 0.25) is 0 Å². The first-order chi connectivity index (χ1) is 7.76. The van der Waals surface area contributed by atoms with E-state index in [1.165, 1.54) is 0 Å². The van der Waals surface area contributed by atoms with Crippen molar-refractivity contribution in [1.82, 2.24) is 4.90 Å². The third-order valence-electron chi connectivity index (χ3n) is 3.46. The Bertz CT molecular complexity index is 196. The van der Waals surface area contributed by atoms with Crippen molar-refractivity contribution in [2.24, 2.45) is 5.92 Å². The fraction of sp³-hybridized carbons (Fsp3) is 0.923. The number of ketones is 1. The molecule has 0 bridgehead atoms. The van der Waals surface area contributed by atoms with E-state index >= 15 is 0 Å². The molecule has 0 saturated carbocycles. The second kappa shape index (κ2) is 7.80. The zero-order valence-corrected chi connectivity index (χ0v) is 10.7. The second-order valence-electron chi connectivity index (χ2n) is 4.58. The van der Waals surface area contributed by atoms with Gasteiger partial charge in [0, 0.05) is 32.6 Å². The largest absolute Gasteiger partial charge is 0.381 e. The molecule has 0 atom stereocenters. The Morgan fingerprint density at radius 3 is 2.44 bits per heavy atom. The summed E-state index contributed by atoms with van der Waals surface area (Å²) in [5, 5.41) is 0. The van der Waals surface area contributed by atoms with Gasteiger partial charge >= 0.3 is 0 Å². The molecule has 3 nitrogen and oxygen atoms in total. The number of rotatable bonds is 7. The normalized spacial score (nSPS) is 17.9. The van der Waals surface area contributed by atoms with Crippen molar-refractivity contribution in [3.05, 3.63) is 0 Å². The molecule has 0 amide bonds. The highest BCUT2D eigenvalue weighted by Crippen LogP contribution is 2.19. The minimum atomic E-state index is 0.429. The Morgan fingerprint density at radius 1 is 1.25 bits per heavy atom. The van der Waals surface area contributed by atoms with Crippen LogP contribution in [0.5, 0.6) is 0 Å². The zero-order valence-electron chi connectivity index (χ0n) is 10.7. The molecule has 1 saturated heterocycles. The number of hydrogen-bond donors (Lipinski definition) is 0. The summed E-state index contributed by atoms with van der Waals surface area (Å²) < 4.78 is 5.29. The zero-order chi connectivity index (χ0) is 11.8. The summed E-state index contributed by atoms with van der Waals surface area (Å²) in [6, 6.07) is 0. The van der Waals surface area contributed by atoms with Crippen molar-refractivity contribution in [2.45, 2.75) is 39.5 Å². The van der Waals surface area contributed by atoms with Crippen LogP contribution < -0.4 is 0 Å². The first-order valence-corrected chi connectivity index (χ1v) is 6.58. The molecule has 0 radical (unpaired) electrons. The lowest BCUT2D eigenvalue weighted by Gasteiger charge is -2.22. The lowest BCUT2D eigenvalue weighted by molar-refractivity contribution is -0.120. The van der Waals surface area contributed by atoms with E-state index in [0.29, 0.717) is 11.7 Å². The van der Waals surface area contributed by atoms with Crippen LogP contribution in [0.1, 0.15) is 39.5 Å². The molecule has 0 aromatic heterocycles. The summed E-state index contributed by atoms with van der Waals surface area (Å²) in [6.07, 6.45) is 3.62. The molecule has 0 aliphatic carbocycles. The quantitative estimate of drug-likeness (QED) is 0.667. The molecule has 1 rings (SSSR count). The predicted molar refractivity (Wildman–Crippen MR) is 65.6 cm³/mol. The minimum Gasteiger partial charge on any atom is -0.381 e. The molecule has 94 valence electrons. The summed E-state index contributed by atoms with van der Waals surface area (Å²) in [7, 11) is 0. The van der Waals surface area contributed by atoms with Crippen LogP contribution in [0.2, 0.25) is 0 Å². The number of hydrogen-bond acceptors (Lipinski definition) is 3. The molecule has 1 aliphatic rings. The molecule has 0 unspecified atom stereocenters. The molecule has 0 aromatic rings. The summed E-state index contributed by atoms with van der Waals surface area (Å²) in [5.41, 5.74) is 0. The summed E-state index contributed by atoms with van der Waals surface area (Å²) >= 11 is 0. The number of Topliss-reactive ketones (excluding diaryl/α,β-unsaturated/α-hetero) is 1. The SMILES string of the molecule is CCN(CC)CCC(=O)CC1CCOCC1. The highest BCUT2D eigenvalue weighted by Gasteiger charge is 2.17. The standard InChI is InChI=1S/C13H25NO2/c1-3-14(4-2)8-5-13(15)11-12-6-9-16-10-7-12/h12H,3-11H2,1-2H3. The van der Waals surface area contributed by atoms with Gasteiger partial charge < -0.3 is 9.64 Å². The third-order valence-corrected chi connectivity index (χ3v) is 3.46. The van der Waals surface area contributed by atoms with Gasteiger partial charge in [-0.3, -0.25) is 4.79 Å². The van der Waals surface area contributed by atoms with Crippen LogP contribution in [-0.2, 0) is 9.53 Å². The lowest BCUT2D eigenvalue weighted by atomic mass is 9.93. The van der Waals surface area contributed by atoms with E-state index in [1.807, 2.05) is 0 Å². The Balaban J connectivity index is 2.14. The molecule has 0 spiro atoms. The van der Waals surface area contributed by atoms with Crippen molar-refractivity contribution in [1.29, 1.82) is 0 Å². The van der Waals surface area contributed by atoms with E-state index in [0.717, 1.165) is 58.5 Å². The third kappa shape index (κ3) is 5.08. The van der Waals surface area contributed by atoms with E-state index in [4.69, 9.17) is 4.74 Å². The van der Waals surface area contributed by atoms with E-state index in [1.54, 1.807) is 0 Å². The number of nitrogens with zero attached hydrogens (tertiary/aromatic N) is 1. The van der Waals surface area contributed by atoms with Crippen molar-refractivity contribution in [2.75, 3.05) is 32.8 Å². The van der Waals surface area contributed by atoms with E-state index in [2.05, 4.69) is 18.7 Å². The maximum absolute atomic E-state index is 11.8. The summed E-state index contributed by atoms with van der Waals surface area (Å²) in [4.78, 5) is 14.1. The number of carbonyl (C=O) groups is 1. The van der Waals surface area contributed by atoms with Gasteiger partial charge in [-0.1, -0.05) is 13.8 Å². The molecule has 1 fully saturated rings. The van der Waals surface area contributed by atoms with E-state index in [9.17, 15) is 4.79 Å². The van der Waals surface area contributed by atoms with Gasteiger partial charge in [0.15, 0.2) is 0 Å². The van der Waals surface area contributed by atoms with Crippen LogP contribution in [0.3, 0.4) is 0 Å². The first kappa shape index (κ1) is 13.7. The maximum Gasteiger partial charge on any atom is 0.134 e.